The smallest absolute Gasteiger partial charge is 0.337 e. The van der Waals surface area contributed by atoms with Gasteiger partial charge in [0.05, 0.1) is 30.1 Å². The van der Waals surface area contributed by atoms with E-state index < -0.39 is 0 Å². The van der Waals surface area contributed by atoms with Gasteiger partial charge in [-0.15, -0.1) is 0 Å². The van der Waals surface area contributed by atoms with E-state index in [-0.39, 0.29) is 12.0 Å². The van der Waals surface area contributed by atoms with Crippen molar-refractivity contribution in [3.63, 3.8) is 0 Å². The van der Waals surface area contributed by atoms with Crippen LogP contribution < -0.4 is 16.4 Å². The molecule has 2 aromatic rings. The fourth-order valence-electron chi connectivity index (χ4n) is 2.12. The van der Waals surface area contributed by atoms with Crippen molar-refractivity contribution in [2.24, 2.45) is 0 Å². The van der Waals surface area contributed by atoms with Gasteiger partial charge in [0.15, 0.2) is 5.82 Å². The molecule has 0 spiro atoms. The number of nitrogens with one attached hydrogen (secondary N) is 2. The molecule has 1 atom stereocenters. The second-order valence-corrected chi connectivity index (χ2v) is 4.85. The molecule has 0 aliphatic rings. The van der Waals surface area contributed by atoms with Crippen LogP contribution in [-0.2, 0) is 4.74 Å². The predicted molar refractivity (Wildman–Crippen MR) is 88.0 cm³/mol. The Morgan fingerprint density at radius 1 is 1.27 bits per heavy atom. The average Bonchev–Trinajstić information content (AvgIpc) is 2.56. The number of aromatic nitrogens is 1. The first kappa shape index (κ1) is 15.6. The fraction of sp³-hybridized carbons (Fsp3) is 0.250. The largest absolute Gasteiger partial charge is 0.465 e. The number of rotatable bonds is 5. The Bertz CT molecular complexity index is 656. The summed E-state index contributed by atoms with van der Waals surface area (Å²) < 4.78 is 4.69. The van der Waals surface area contributed by atoms with Gasteiger partial charge in [-0.05, 0) is 30.7 Å². The lowest BCUT2D eigenvalue weighted by Gasteiger charge is -2.18. The minimum Gasteiger partial charge on any atom is -0.465 e. The highest BCUT2D eigenvalue weighted by molar-refractivity contribution is 5.89. The Morgan fingerprint density at radius 3 is 2.55 bits per heavy atom. The van der Waals surface area contributed by atoms with Crippen molar-refractivity contribution < 1.29 is 9.53 Å². The van der Waals surface area contributed by atoms with Gasteiger partial charge in [-0.25, -0.2) is 9.78 Å². The minimum atomic E-state index is -0.347. The SMILES string of the molecule is CNc1ccnc(NC(C)c2ccc(C(=O)OC)cc2)c1N. The standard InChI is InChI=1S/C16H20N4O2/c1-10(11-4-6-12(7-5-11)16(21)22-3)20-15-14(17)13(18-2)8-9-19-15/h4-10H,17H2,1-3H3,(H2,18,19,20). The minimum absolute atomic E-state index is 0.00592. The molecule has 2 rings (SSSR count). The molecule has 0 radical (unpaired) electrons. The number of benzene rings is 1. The van der Waals surface area contributed by atoms with Crippen LogP contribution in [0.1, 0.15) is 28.9 Å². The topological polar surface area (TPSA) is 89.3 Å². The number of methoxy groups -OCH3 is 1. The van der Waals surface area contributed by atoms with Gasteiger partial charge < -0.3 is 21.1 Å². The third kappa shape index (κ3) is 3.28. The summed E-state index contributed by atoms with van der Waals surface area (Å²) >= 11 is 0. The molecule has 0 aliphatic heterocycles. The van der Waals surface area contributed by atoms with Crippen LogP contribution in [-0.4, -0.2) is 25.1 Å². The average molecular weight is 300 g/mol. The van der Waals surface area contributed by atoms with Crippen LogP contribution in [0.3, 0.4) is 0 Å². The van der Waals surface area contributed by atoms with Crippen LogP contribution in [0.5, 0.6) is 0 Å². The van der Waals surface area contributed by atoms with E-state index in [1.165, 1.54) is 7.11 Å². The maximum Gasteiger partial charge on any atom is 0.337 e. The number of nitrogen functional groups attached to an aromatic ring is 1. The third-order valence-corrected chi connectivity index (χ3v) is 3.44. The molecular formula is C16H20N4O2. The van der Waals surface area contributed by atoms with Crippen molar-refractivity contribution in [3.05, 3.63) is 47.7 Å². The van der Waals surface area contributed by atoms with Crippen LogP contribution in [0, 0.1) is 0 Å². The number of hydrogen-bond acceptors (Lipinski definition) is 6. The van der Waals surface area contributed by atoms with Crippen LogP contribution in [0.4, 0.5) is 17.2 Å². The molecule has 0 bridgehead atoms. The normalized spacial score (nSPS) is 11.6. The van der Waals surface area contributed by atoms with Crippen molar-refractivity contribution in [1.29, 1.82) is 0 Å². The fourth-order valence-corrected chi connectivity index (χ4v) is 2.12. The number of hydrogen-bond donors (Lipinski definition) is 3. The van der Waals surface area contributed by atoms with Crippen LogP contribution in [0.2, 0.25) is 0 Å². The number of nitrogens with two attached hydrogens (primary N) is 1. The first-order valence-corrected chi connectivity index (χ1v) is 6.94. The Kier molecular flexibility index (Phi) is 4.83. The summed E-state index contributed by atoms with van der Waals surface area (Å²) in [5.41, 5.74) is 8.99. The van der Waals surface area contributed by atoms with Crippen LogP contribution in [0.25, 0.3) is 0 Å². The molecule has 0 aliphatic carbocycles. The van der Waals surface area contributed by atoms with E-state index in [1.54, 1.807) is 18.3 Å². The van der Waals surface area contributed by atoms with E-state index in [0.717, 1.165) is 11.3 Å². The molecule has 0 amide bonds. The van der Waals surface area contributed by atoms with Gasteiger partial charge in [0.25, 0.3) is 0 Å². The summed E-state index contributed by atoms with van der Waals surface area (Å²) in [5, 5.41) is 6.29. The molecular weight excluding hydrogens is 280 g/mol. The summed E-state index contributed by atoms with van der Waals surface area (Å²) in [5.74, 6) is 0.274. The first-order valence-electron chi connectivity index (χ1n) is 6.94. The van der Waals surface area contributed by atoms with Crippen molar-refractivity contribution >= 4 is 23.2 Å². The molecule has 1 unspecified atom stereocenters. The molecule has 6 heteroatoms. The lowest BCUT2D eigenvalue weighted by molar-refractivity contribution is 0.0600. The zero-order valence-corrected chi connectivity index (χ0v) is 12.9. The first-order chi connectivity index (χ1) is 10.6. The summed E-state index contributed by atoms with van der Waals surface area (Å²) in [6.45, 7) is 2.00. The number of pyridine rings is 1. The highest BCUT2D eigenvalue weighted by Crippen LogP contribution is 2.27. The van der Waals surface area contributed by atoms with Crippen molar-refractivity contribution in [1.82, 2.24) is 4.98 Å². The molecule has 1 aromatic heterocycles. The van der Waals surface area contributed by atoms with Gasteiger partial charge in [-0.1, -0.05) is 12.1 Å². The van der Waals surface area contributed by atoms with E-state index in [1.807, 2.05) is 32.2 Å². The monoisotopic (exact) mass is 300 g/mol. The van der Waals surface area contributed by atoms with Gasteiger partial charge in [-0.2, -0.15) is 0 Å². The maximum atomic E-state index is 11.4. The van der Waals surface area contributed by atoms with Gasteiger partial charge in [0.1, 0.15) is 0 Å². The molecule has 6 nitrogen and oxygen atoms in total. The highest BCUT2D eigenvalue weighted by atomic mass is 16.5. The van der Waals surface area contributed by atoms with E-state index in [0.29, 0.717) is 17.1 Å². The molecule has 22 heavy (non-hydrogen) atoms. The number of anilines is 3. The lowest BCUT2D eigenvalue weighted by atomic mass is 10.1. The third-order valence-electron chi connectivity index (χ3n) is 3.44. The summed E-state index contributed by atoms with van der Waals surface area (Å²) in [4.78, 5) is 15.7. The second kappa shape index (κ2) is 6.80. The Morgan fingerprint density at radius 2 is 1.95 bits per heavy atom. The summed E-state index contributed by atoms with van der Waals surface area (Å²) in [6, 6.07) is 9.04. The number of esters is 1. The van der Waals surface area contributed by atoms with Gasteiger partial charge in [-0.3, -0.25) is 0 Å². The van der Waals surface area contributed by atoms with E-state index >= 15 is 0 Å². The van der Waals surface area contributed by atoms with Crippen LogP contribution >= 0.6 is 0 Å². The molecule has 0 saturated heterocycles. The lowest BCUT2D eigenvalue weighted by Crippen LogP contribution is -2.11. The number of nitrogens with zero attached hydrogens (tertiary/aromatic N) is 1. The van der Waals surface area contributed by atoms with E-state index in [2.05, 4.69) is 20.4 Å². The van der Waals surface area contributed by atoms with Crippen molar-refractivity contribution in [2.45, 2.75) is 13.0 Å². The van der Waals surface area contributed by atoms with Gasteiger partial charge >= 0.3 is 5.97 Å². The molecule has 4 N–H and O–H groups in total. The molecule has 0 fully saturated rings. The van der Waals surface area contributed by atoms with E-state index in [9.17, 15) is 4.79 Å². The Balaban J connectivity index is 2.15. The Hall–Kier alpha value is -2.76. The maximum absolute atomic E-state index is 11.4. The molecule has 1 aromatic carbocycles. The van der Waals surface area contributed by atoms with Crippen molar-refractivity contribution in [2.75, 3.05) is 30.5 Å². The van der Waals surface area contributed by atoms with Crippen LogP contribution in [0.15, 0.2) is 36.5 Å². The second-order valence-electron chi connectivity index (χ2n) is 4.85. The number of carbonyl (C=O) groups is 1. The van der Waals surface area contributed by atoms with Gasteiger partial charge in [0.2, 0.25) is 0 Å². The van der Waals surface area contributed by atoms with Crippen molar-refractivity contribution in [3.8, 4) is 0 Å². The quantitative estimate of drug-likeness (QED) is 0.736. The van der Waals surface area contributed by atoms with E-state index in [4.69, 9.17) is 5.73 Å². The molecule has 1 heterocycles. The molecule has 0 saturated carbocycles. The Labute approximate surface area is 129 Å². The predicted octanol–water partition coefficient (Wildman–Crippen LogP) is 2.67. The zero-order valence-electron chi connectivity index (χ0n) is 12.9. The highest BCUT2D eigenvalue weighted by Gasteiger charge is 2.11. The zero-order chi connectivity index (χ0) is 16.1. The summed E-state index contributed by atoms with van der Waals surface area (Å²) in [6.07, 6.45) is 1.69. The number of carbonyl (C=O) groups excluding carboxylic acids is 1. The van der Waals surface area contributed by atoms with Gasteiger partial charge in [0, 0.05) is 13.2 Å². The number of ether oxygens (including phenoxy) is 1. The molecule has 116 valence electrons. The summed E-state index contributed by atoms with van der Waals surface area (Å²) in [7, 11) is 3.17.